The normalized spacial score (nSPS) is 11.6. The second kappa shape index (κ2) is 7.43. The fourth-order valence-electron chi connectivity index (χ4n) is 2.18. The zero-order valence-electron chi connectivity index (χ0n) is 14.6. The van der Waals surface area contributed by atoms with Crippen LogP contribution in [0.15, 0.2) is 0 Å². The second-order valence-corrected chi connectivity index (χ2v) is 6.48. The molecule has 0 aromatic carbocycles. The van der Waals surface area contributed by atoms with E-state index in [1.54, 1.807) is 0 Å². The summed E-state index contributed by atoms with van der Waals surface area (Å²) in [6.07, 6.45) is 0. The topological polar surface area (TPSA) is 66.0 Å². The maximum absolute atomic E-state index is 4.58. The minimum atomic E-state index is 0.277. The summed E-state index contributed by atoms with van der Waals surface area (Å²) in [7, 11) is 0. The first-order valence-electron chi connectivity index (χ1n) is 7.78. The fraction of sp³-hybridized carbons (Fsp3) is 0.800. The van der Waals surface area contributed by atoms with Crippen LogP contribution in [0.2, 0.25) is 0 Å². The number of hydrogen-bond donors (Lipinski definition) is 2. The van der Waals surface area contributed by atoms with Crippen LogP contribution in [0.1, 0.15) is 55.4 Å². The van der Waals surface area contributed by atoms with Crippen molar-refractivity contribution >= 4 is 17.8 Å². The van der Waals surface area contributed by atoms with Crippen LogP contribution in [0.5, 0.6) is 0 Å². The van der Waals surface area contributed by atoms with Gasteiger partial charge in [-0.2, -0.15) is 15.0 Å². The molecule has 0 saturated carbocycles. The molecule has 0 aliphatic rings. The van der Waals surface area contributed by atoms with Crippen LogP contribution in [0.25, 0.3) is 0 Å². The van der Waals surface area contributed by atoms with Crippen molar-refractivity contribution in [3.05, 3.63) is 0 Å². The average Bonchev–Trinajstić information content (AvgIpc) is 2.24. The van der Waals surface area contributed by atoms with Crippen LogP contribution < -0.4 is 15.5 Å². The van der Waals surface area contributed by atoms with Crippen molar-refractivity contribution in [1.29, 1.82) is 0 Å². The lowest BCUT2D eigenvalue weighted by molar-refractivity contribution is 0.590. The Morgan fingerprint density at radius 1 is 0.667 bits per heavy atom. The van der Waals surface area contributed by atoms with E-state index in [1.807, 2.05) is 0 Å². The molecule has 120 valence electrons. The molecule has 6 nitrogen and oxygen atoms in total. The molecule has 0 aliphatic heterocycles. The van der Waals surface area contributed by atoms with E-state index >= 15 is 0 Å². The van der Waals surface area contributed by atoms with Gasteiger partial charge in [0.15, 0.2) is 0 Å². The third-order valence-electron chi connectivity index (χ3n) is 2.80. The van der Waals surface area contributed by atoms with Gasteiger partial charge in [-0.25, -0.2) is 0 Å². The van der Waals surface area contributed by atoms with E-state index in [9.17, 15) is 0 Å². The summed E-state index contributed by atoms with van der Waals surface area (Å²) < 4.78 is 0. The zero-order valence-corrected chi connectivity index (χ0v) is 14.6. The van der Waals surface area contributed by atoms with Gasteiger partial charge in [0.1, 0.15) is 0 Å². The first kappa shape index (κ1) is 17.5. The number of nitrogens with one attached hydrogen (secondary N) is 2. The SMILES string of the molecule is CC(C)Nc1nc(NC(C)C)nc(N(C(C)C)C(C)C)n1. The third kappa shape index (κ3) is 5.36. The van der Waals surface area contributed by atoms with Crippen molar-refractivity contribution in [3.8, 4) is 0 Å². The number of rotatable bonds is 7. The highest BCUT2D eigenvalue weighted by molar-refractivity contribution is 5.45. The van der Waals surface area contributed by atoms with Crippen LogP contribution in [0.4, 0.5) is 17.8 Å². The standard InChI is InChI=1S/C15H30N6/c1-9(2)16-13-18-14(17-10(3)4)20-15(19-13)21(11(5)6)12(7)8/h9-12H,1-8H3,(H2,16,17,18,19,20). The molecule has 0 amide bonds. The lowest BCUT2D eigenvalue weighted by Gasteiger charge is -2.31. The molecule has 0 saturated heterocycles. The Morgan fingerprint density at radius 3 is 1.33 bits per heavy atom. The number of hydrogen-bond acceptors (Lipinski definition) is 6. The second-order valence-electron chi connectivity index (χ2n) is 6.48. The zero-order chi connectivity index (χ0) is 16.2. The van der Waals surface area contributed by atoms with Gasteiger partial charge in [0.25, 0.3) is 0 Å². The summed E-state index contributed by atoms with van der Waals surface area (Å²) in [5.74, 6) is 1.94. The Labute approximate surface area is 128 Å². The molecule has 0 bridgehead atoms. The first-order valence-corrected chi connectivity index (χ1v) is 7.78. The summed E-state index contributed by atoms with van der Waals surface area (Å²) in [5.41, 5.74) is 0. The first-order chi connectivity index (χ1) is 9.70. The quantitative estimate of drug-likeness (QED) is 0.805. The molecule has 0 unspecified atom stereocenters. The van der Waals surface area contributed by atoms with Gasteiger partial charge in [-0.1, -0.05) is 0 Å². The molecule has 6 heteroatoms. The molecule has 0 fully saturated rings. The molecular weight excluding hydrogens is 264 g/mol. The lowest BCUT2D eigenvalue weighted by Crippen LogP contribution is -2.38. The molecule has 21 heavy (non-hydrogen) atoms. The van der Waals surface area contributed by atoms with Crippen LogP contribution in [0, 0.1) is 0 Å². The Balaban J connectivity index is 3.22. The maximum atomic E-state index is 4.58. The summed E-state index contributed by atoms with van der Waals surface area (Å²) in [5, 5.41) is 6.53. The Kier molecular flexibility index (Phi) is 6.18. The molecule has 0 spiro atoms. The van der Waals surface area contributed by atoms with E-state index in [1.165, 1.54) is 0 Å². The molecule has 0 atom stereocenters. The number of anilines is 3. The van der Waals surface area contributed by atoms with Crippen molar-refractivity contribution < 1.29 is 0 Å². The molecule has 1 aromatic rings. The average molecular weight is 294 g/mol. The number of aromatic nitrogens is 3. The van der Waals surface area contributed by atoms with Crippen molar-refractivity contribution in [3.63, 3.8) is 0 Å². The van der Waals surface area contributed by atoms with E-state index in [4.69, 9.17) is 0 Å². The largest absolute Gasteiger partial charge is 0.352 e. The van der Waals surface area contributed by atoms with Crippen molar-refractivity contribution in [2.24, 2.45) is 0 Å². The van der Waals surface area contributed by atoms with Crippen LogP contribution in [-0.4, -0.2) is 39.1 Å². The van der Waals surface area contributed by atoms with Gasteiger partial charge in [-0.3, -0.25) is 0 Å². The highest BCUT2D eigenvalue weighted by atomic mass is 15.3. The summed E-state index contributed by atoms with van der Waals surface area (Å²) in [6.45, 7) is 16.9. The smallest absolute Gasteiger partial charge is 0.232 e. The van der Waals surface area contributed by atoms with E-state index in [2.05, 4.69) is 85.9 Å². The van der Waals surface area contributed by atoms with Gasteiger partial charge in [-0.15, -0.1) is 0 Å². The van der Waals surface area contributed by atoms with Crippen molar-refractivity contribution in [2.45, 2.75) is 79.6 Å². The molecule has 1 rings (SSSR count). The summed E-state index contributed by atoms with van der Waals surface area (Å²) in [4.78, 5) is 15.8. The minimum absolute atomic E-state index is 0.277. The van der Waals surface area contributed by atoms with E-state index in [-0.39, 0.29) is 12.1 Å². The fourth-order valence-corrected chi connectivity index (χ4v) is 2.18. The lowest BCUT2D eigenvalue weighted by atomic mass is 10.2. The van der Waals surface area contributed by atoms with Crippen molar-refractivity contribution in [2.75, 3.05) is 15.5 Å². The highest BCUT2D eigenvalue weighted by Crippen LogP contribution is 2.19. The molecule has 0 aliphatic carbocycles. The van der Waals surface area contributed by atoms with Crippen LogP contribution in [0.3, 0.4) is 0 Å². The van der Waals surface area contributed by atoms with Gasteiger partial charge in [0, 0.05) is 24.2 Å². The molecule has 1 aromatic heterocycles. The van der Waals surface area contributed by atoms with Gasteiger partial charge in [0.2, 0.25) is 17.8 Å². The molecule has 0 radical (unpaired) electrons. The predicted molar refractivity (Wildman–Crippen MR) is 90.1 cm³/mol. The highest BCUT2D eigenvalue weighted by Gasteiger charge is 2.19. The van der Waals surface area contributed by atoms with Crippen molar-refractivity contribution in [1.82, 2.24) is 15.0 Å². The summed E-state index contributed by atoms with van der Waals surface area (Å²) in [6, 6.07) is 1.20. The van der Waals surface area contributed by atoms with E-state index in [0.717, 1.165) is 0 Å². The van der Waals surface area contributed by atoms with E-state index in [0.29, 0.717) is 29.9 Å². The van der Waals surface area contributed by atoms with Gasteiger partial charge in [-0.05, 0) is 55.4 Å². The monoisotopic (exact) mass is 294 g/mol. The van der Waals surface area contributed by atoms with Crippen LogP contribution >= 0.6 is 0 Å². The van der Waals surface area contributed by atoms with Gasteiger partial charge < -0.3 is 15.5 Å². The van der Waals surface area contributed by atoms with E-state index < -0.39 is 0 Å². The molecule has 1 heterocycles. The van der Waals surface area contributed by atoms with Crippen LogP contribution in [-0.2, 0) is 0 Å². The predicted octanol–water partition coefficient (Wildman–Crippen LogP) is 3.14. The minimum Gasteiger partial charge on any atom is -0.352 e. The third-order valence-corrected chi connectivity index (χ3v) is 2.80. The maximum Gasteiger partial charge on any atom is 0.232 e. The molecular formula is C15H30N6. The van der Waals surface area contributed by atoms with Gasteiger partial charge >= 0.3 is 0 Å². The Bertz CT molecular complexity index is 406. The number of nitrogens with zero attached hydrogens (tertiary/aromatic N) is 4. The molecule has 2 N–H and O–H groups in total. The summed E-state index contributed by atoms with van der Waals surface area (Å²) >= 11 is 0. The van der Waals surface area contributed by atoms with Gasteiger partial charge in [0.05, 0.1) is 0 Å². The Morgan fingerprint density at radius 2 is 1.05 bits per heavy atom. The Hall–Kier alpha value is -1.59.